The van der Waals surface area contributed by atoms with Gasteiger partial charge in [0.05, 0.1) is 4.88 Å². The van der Waals surface area contributed by atoms with E-state index < -0.39 is 17.9 Å². The first kappa shape index (κ1) is 13.7. The Hall–Kier alpha value is -1.69. The van der Waals surface area contributed by atoms with E-state index in [1.807, 2.05) is 0 Å². The lowest BCUT2D eigenvalue weighted by Crippen LogP contribution is -2.40. The first-order valence-corrected chi connectivity index (χ1v) is 6.66. The van der Waals surface area contributed by atoms with Crippen LogP contribution < -0.4 is 5.32 Å². The number of aliphatic hydroxyl groups is 1. The monoisotopic (exact) mass is 295 g/mol. The van der Waals surface area contributed by atoms with E-state index in [0.717, 1.165) is 0 Å². The highest BCUT2D eigenvalue weighted by Crippen LogP contribution is 2.12. The van der Waals surface area contributed by atoms with Crippen LogP contribution in [0.4, 0.5) is 0 Å². The summed E-state index contributed by atoms with van der Waals surface area (Å²) in [6.45, 7) is 0. The molecule has 19 heavy (non-hydrogen) atoms. The van der Waals surface area contributed by atoms with Gasteiger partial charge in [-0.3, -0.25) is 9.59 Å². The first-order valence-electron chi connectivity index (χ1n) is 5.40. The van der Waals surface area contributed by atoms with Gasteiger partial charge in [0.15, 0.2) is 6.23 Å². The second-order valence-corrected chi connectivity index (χ2v) is 5.11. The zero-order valence-electron chi connectivity index (χ0n) is 9.67. The predicted octanol–water partition coefficient (Wildman–Crippen LogP) is 2.33. The van der Waals surface area contributed by atoms with Gasteiger partial charge in [-0.15, -0.1) is 11.3 Å². The van der Waals surface area contributed by atoms with Gasteiger partial charge in [0.2, 0.25) is 5.78 Å². The maximum absolute atomic E-state index is 11.9. The Morgan fingerprint density at radius 1 is 1.21 bits per heavy atom. The number of nitrogens with one attached hydrogen (secondary N) is 1. The molecule has 1 aromatic carbocycles. The molecular formula is C13H10ClNO3S. The molecule has 1 amide bonds. The minimum absolute atomic E-state index is 0.281. The molecule has 1 heterocycles. The van der Waals surface area contributed by atoms with Gasteiger partial charge in [-0.25, -0.2) is 0 Å². The SMILES string of the molecule is O=C(N[C@H](O)C(=O)c1ccc(Cl)cc1)c1cccs1. The van der Waals surface area contributed by atoms with Crippen molar-refractivity contribution in [2.45, 2.75) is 6.23 Å². The fourth-order valence-corrected chi connectivity index (χ4v) is 2.19. The topological polar surface area (TPSA) is 66.4 Å². The lowest BCUT2D eigenvalue weighted by Gasteiger charge is -2.11. The minimum Gasteiger partial charge on any atom is -0.367 e. The largest absolute Gasteiger partial charge is 0.367 e. The molecule has 0 aliphatic carbocycles. The summed E-state index contributed by atoms with van der Waals surface area (Å²) < 4.78 is 0. The van der Waals surface area contributed by atoms with Crippen molar-refractivity contribution in [1.29, 1.82) is 0 Å². The van der Waals surface area contributed by atoms with Gasteiger partial charge in [-0.1, -0.05) is 17.7 Å². The van der Waals surface area contributed by atoms with Crippen LogP contribution in [-0.2, 0) is 0 Å². The number of carbonyl (C=O) groups is 2. The zero-order chi connectivity index (χ0) is 13.8. The first-order chi connectivity index (χ1) is 9.08. The van der Waals surface area contributed by atoms with Gasteiger partial charge in [0, 0.05) is 10.6 Å². The number of ketones is 1. The fourth-order valence-electron chi connectivity index (χ4n) is 1.44. The van der Waals surface area contributed by atoms with E-state index in [1.54, 1.807) is 29.6 Å². The van der Waals surface area contributed by atoms with Crippen molar-refractivity contribution in [3.8, 4) is 0 Å². The van der Waals surface area contributed by atoms with Gasteiger partial charge in [-0.2, -0.15) is 0 Å². The quantitative estimate of drug-likeness (QED) is 0.672. The van der Waals surface area contributed by atoms with Crippen LogP contribution in [0.5, 0.6) is 0 Å². The van der Waals surface area contributed by atoms with Gasteiger partial charge in [0.25, 0.3) is 5.91 Å². The second kappa shape index (κ2) is 5.97. The van der Waals surface area contributed by atoms with E-state index >= 15 is 0 Å². The number of Topliss-reactive ketones (excluding diaryl/α,β-unsaturated/α-hetero) is 1. The normalized spacial score (nSPS) is 11.9. The molecule has 0 spiro atoms. The lowest BCUT2D eigenvalue weighted by molar-refractivity contribution is 0.0609. The molecular weight excluding hydrogens is 286 g/mol. The summed E-state index contributed by atoms with van der Waals surface area (Å²) in [5, 5.41) is 14.2. The minimum atomic E-state index is -1.57. The third-order valence-electron chi connectivity index (χ3n) is 2.39. The predicted molar refractivity (Wildman–Crippen MR) is 73.6 cm³/mol. The van der Waals surface area contributed by atoms with Crippen molar-refractivity contribution in [2.24, 2.45) is 0 Å². The number of hydrogen-bond donors (Lipinski definition) is 2. The van der Waals surface area contributed by atoms with Crippen molar-refractivity contribution in [1.82, 2.24) is 5.32 Å². The van der Waals surface area contributed by atoms with Crippen LogP contribution >= 0.6 is 22.9 Å². The molecule has 0 fully saturated rings. The van der Waals surface area contributed by atoms with Crippen LogP contribution in [0.1, 0.15) is 20.0 Å². The summed E-state index contributed by atoms with van der Waals surface area (Å²) in [7, 11) is 0. The molecule has 98 valence electrons. The van der Waals surface area contributed by atoms with E-state index in [2.05, 4.69) is 5.32 Å². The smallest absolute Gasteiger partial charge is 0.263 e. The molecule has 2 N–H and O–H groups in total. The van der Waals surface area contributed by atoms with Crippen LogP contribution in [0.2, 0.25) is 5.02 Å². The zero-order valence-corrected chi connectivity index (χ0v) is 11.2. The van der Waals surface area contributed by atoms with Crippen LogP contribution in [0, 0.1) is 0 Å². The summed E-state index contributed by atoms with van der Waals surface area (Å²) in [5.74, 6) is -1.06. The molecule has 0 radical (unpaired) electrons. The maximum atomic E-state index is 11.9. The number of thiophene rings is 1. The third kappa shape index (κ3) is 3.41. The van der Waals surface area contributed by atoms with E-state index in [-0.39, 0.29) is 5.56 Å². The highest BCUT2D eigenvalue weighted by atomic mass is 35.5. The van der Waals surface area contributed by atoms with Crippen LogP contribution in [0.3, 0.4) is 0 Å². The third-order valence-corrected chi connectivity index (χ3v) is 3.51. The highest BCUT2D eigenvalue weighted by Gasteiger charge is 2.20. The summed E-state index contributed by atoms with van der Waals surface area (Å²) in [5.41, 5.74) is 0.281. The Balaban J connectivity index is 2.03. The maximum Gasteiger partial charge on any atom is 0.263 e. The molecule has 0 unspecified atom stereocenters. The van der Waals surface area contributed by atoms with Gasteiger partial charge in [0.1, 0.15) is 0 Å². The average Bonchev–Trinajstić information content (AvgIpc) is 2.92. The van der Waals surface area contributed by atoms with Crippen LogP contribution in [-0.4, -0.2) is 23.0 Å². The van der Waals surface area contributed by atoms with Crippen LogP contribution in [0.25, 0.3) is 0 Å². The lowest BCUT2D eigenvalue weighted by atomic mass is 10.1. The summed E-state index contributed by atoms with van der Waals surface area (Å²) >= 11 is 6.94. The van der Waals surface area contributed by atoms with Crippen molar-refractivity contribution in [3.05, 3.63) is 57.2 Å². The van der Waals surface area contributed by atoms with E-state index in [1.165, 1.54) is 23.5 Å². The molecule has 4 nitrogen and oxygen atoms in total. The Labute approximate surface area is 118 Å². The standard InChI is InChI=1S/C13H10ClNO3S/c14-9-5-3-8(4-6-9)11(16)13(18)15-12(17)10-2-1-7-19-10/h1-7,13,18H,(H,15,17)/t13-/m1/s1. The Morgan fingerprint density at radius 3 is 2.47 bits per heavy atom. The molecule has 0 saturated heterocycles. The van der Waals surface area contributed by atoms with Gasteiger partial charge < -0.3 is 10.4 Å². The molecule has 0 aliphatic rings. The Morgan fingerprint density at radius 2 is 1.89 bits per heavy atom. The number of rotatable bonds is 4. The van der Waals surface area contributed by atoms with Crippen molar-refractivity contribution in [2.75, 3.05) is 0 Å². The van der Waals surface area contributed by atoms with E-state index in [9.17, 15) is 14.7 Å². The summed E-state index contributed by atoms with van der Waals surface area (Å²) in [4.78, 5) is 24.0. The molecule has 2 rings (SSSR count). The number of amides is 1. The molecule has 1 atom stereocenters. The molecule has 1 aromatic heterocycles. The average molecular weight is 296 g/mol. The van der Waals surface area contributed by atoms with E-state index in [0.29, 0.717) is 9.90 Å². The van der Waals surface area contributed by atoms with Crippen molar-refractivity contribution < 1.29 is 14.7 Å². The molecule has 0 bridgehead atoms. The number of halogens is 1. The van der Waals surface area contributed by atoms with E-state index in [4.69, 9.17) is 11.6 Å². The molecule has 0 aliphatic heterocycles. The van der Waals surface area contributed by atoms with Crippen molar-refractivity contribution in [3.63, 3.8) is 0 Å². The number of aliphatic hydroxyl groups excluding tert-OH is 1. The van der Waals surface area contributed by atoms with Crippen LogP contribution in [0.15, 0.2) is 41.8 Å². The highest BCUT2D eigenvalue weighted by molar-refractivity contribution is 7.12. The van der Waals surface area contributed by atoms with Crippen molar-refractivity contribution >= 4 is 34.6 Å². The summed E-state index contributed by atoms with van der Waals surface area (Å²) in [6.07, 6.45) is -1.57. The number of benzene rings is 1. The Bertz CT molecular complexity index is 580. The number of hydrogen-bond acceptors (Lipinski definition) is 4. The molecule has 0 saturated carbocycles. The fraction of sp³-hybridized carbons (Fsp3) is 0.0769. The molecule has 2 aromatic rings. The Kier molecular flexibility index (Phi) is 4.31. The van der Waals surface area contributed by atoms with Gasteiger partial charge >= 0.3 is 0 Å². The van der Waals surface area contributed by atoms with Gasteiger partial charge in [-0.05, 0) is 35.7 Å². The second-order valence-electron chi connectivity index (χ2n) is 3.72. The molecule has 6 heteroatoms. The number of carbonyl (C=O) groups excluding carboxylic acids is 2. The summed E-state index contributed by atoms with van der Waals surface area (Å²) in [6, 6.07) is 9.40.